The number of Topliss-reactive ketones (excluding diaryl/α,β-unsaturated/α-hetero) is 1. The quantitative estimate of drug-likeness (QED) is 0.540. The summed E-state index contributed by atoms with van der Waals surface area (Å²) < 4.78 is 0. The van der Waals surface area contributed by atoms with Gasteiger partial charge in [0, 0.05) is 21.7 Å². The van der Waals surface area contributed by atoms with Crippen LogP contribution in [-0.4, -0.2) is 10.8 Å². The Kier molecular flexibility index (Phi) is 4.62. The molecule has 134 valence electrons. The smallest absolute Gasteiger partial charge is 0.133 e. The van der Waals surface area contributed by atoms with Crippen molar-refractivity contribution in [2.45, 2.75) is 46.5 Å². The first-order valence-corrected chi connectivity index (χ1v) is 10.4. The molecule has 2 aromatic heterocycles. The van der Waals surface area contributed by atoms with Crippen LogP contribution in [0.2, 0.25) is 5.02 Å². The molecule has 2 nitrogen and oxygen atoms in total. The van der Waals surface area contributed by atoms with E-state index in [0.29, 0.717) is 5.78 Å². The number of carbonyl (C=O) groups excluding carboxylic acids is 1. The summed E-state index contributed by atoms with van der Waals surface area (Å²) in [6, 6.07) is 8.57. The van der Waals surface area contributed by atoms with Crippen molar-refractivity contribution in [3.8, 4) is 11.1 Å². The van der Waals surface area contributed by atoms with Crippen molar-refractivity contribution in [3.05, 3.63) is 51.0 Å². The third-order valence-electron chi connectivity index (χ3n) is 5.46. The summed E-state index contributed by atoms with van der Waals surface area (Å²) in [5, 5.41) is 1.98. The van der Waals surface area contributed by atoms with Gasteiger partial charge in [-0.25, -0.2) is 4.98 Å². The summed E-state index contributed by atoms with van der Waals surface area (Å²) in [7, 11) is 0. The molecule has 26 heavy (non-hydrogen) atoms. The minimum absolute atomic E-state index is 0.152. The van der Waals surface area contributed by atoms with Crippen molar-refractivity contribution in [1.29, 1.82) is 0 Å². The van der Waals surface area contributed by atoms with Crippen molar-refractivity contribution in [2.24, 2.45) is 5.92 Å². The topological polar surface area (TPSA) is 30.0 Å². The van der Waals surface area contributed by atoms with Crippen LogP contribution < -0.4 is 0 Å². The number of benzene rings is 1. The Morgan fingerprint density at radius 2 is 2.04 bits per heavy atom. The first-order valence-electron chi connectivity index (χ1n) is 9.19. The number of hydrogen-bond acceptors (Lipinski definition) is 3. The summed E-state index contributed by atoms with van der Waals surface area (Å²) in [5.74, 6) is 0.451. The SMILES string of the molecule is CCc1nc2sc3c(c2c(-c2ccc(C)cc2)c1Cl)CCC(C(C)=O)C3. The molecule has 1 unspecified atom stereocenters. The fourth-order valence-electron chi connectivity index (χ4n) is 3.91. The number of hydrogen-bond donors (Lipinski definition) is 0. The number of nitrogens with zero attached hydrogens (tertiary/aromatic N) is 1. The Morgan fingerprint density at radius 1 is 1.31 bits per heavy atom. The molecule has 0 saturated heterocycles. The van der Waals surface area contributed by atoms with Gasteiger partial charge in [0.2, 0.25) is 0 Å². The predicted molar refractivity (Wildman–Crippen MR) is 110 cm³/mol. The fourth-order valence-corrected chi connectivity index (χ4v) is 5.61. The lowest BCUT2D eigenvalue weighted by molar-refractivity contribution is -0.121. The Labute approximate surface area is 163 Å². The first kappa shape index (κ1) is 17.7. The van der Waals surface area contributed by atoms with E-state index >= 15 is 0 Å². The van der Waals surface area contributed by atoms with Gasteiger partial charge >= 0.3 is 0 Å². The highest BCUT2D eigenvalue weighted by atomic mass is 35.5. The van der Waals surface area contributed by atoms with Gasteiger partial charge in [0.05, 0.1) is 10.7 Å². The summed E-state index contributed by atoms with van der Waals surface area (Å²) >= 11 is 8.58. The van der Waals surface area contributed by atoms with Gasteiger partial charge in [-0.3, -0.25) is 4.79 Å². The van der Waals surface area contributed by atoms with Crippen LogP contribution in [0.3, 0.4) is 0 Å². The monoisotopic (exact) mass is 383 g/mol. The third-order valence-corrected chi connectivity index (χ3v) is 7.01. The van der Waals surface area contributed by atoms with Gasteiger partial charge < -0.3 is 0 Å². The van der Waals surface area contributed by atoms with Crippen LogP contribution in [0, 0.1) is 12.8 Å². The molecule has 0 amide bonds. The van der Waals surface area contributed by atoms with E-state index in [1.807, 2.05) is 0 Å². The molecule has 0 bridgehead atoms. The molecule has 1 atom stereocenters. The predicted octanol–water partition coefficient (Wildman–Crippen LogP) is 6.18. The highest BCUT2D eigenvalue weighted by Gasteiger charge is 2.28. The molecule has 0 radical (unpaired) electrons. The lowest BCUT2D eigenvalue weighted by Gasteiger charge is -2.20. The van der Waals surface area contributed by atoms with Crippen molar-refractivity contribution in [2.75, 3.05) is 0 Å². The van der Waals surface area contributed by atoms with Crippen LogP contribution in [-0.2, 0) is 24.1 Å². The molecule has 0 saturated carbocycles. The molecule has 0 fully saturated rings. The Balaban J connectivity index is 1.99. The largest absolute Gasteiger partial charge is 0.300 e. The minimum atomic E-state index is 0.152. The van der Waals surface area contributed by atoms with E-state index in [4.69, 9.17) is 16.6 Å². The van der Waals surface area contributed by atoms with Gasteiger partial charge in [-0.2, -0.15) is 0 Å². The highest BCUT2D eigenvalue weighted by molar-refractivity contribution is 7.19. The van der Waals surface area contributed by atoms with E-state index < -0.39 is 0 Å². The van der Waals surface area contributed by atoms with E-state index in [1.54, 1.807) is 18.3 Å². The number of aromatic nitrogens is 1. The van der Waals surface area contributed by atoms with E-state index in [1.165, 1.54) is 21.4 Å². The van der Waals surface area contributed by atoms with Crippen LogP contribution in [0.4, 0.5) is 0 Å². The molecule has 0 aliphatic heterocycles. The van der Waals surface area contributed by atoms with E-state index in [0.717, 1.165) is 52.4 Å². The number of ketones is 1. The molecule has 1 aliphatic rings. The number of carbonyl (C=O) groups is 1. The zero-order chi connectivity index (χ0) is 18.4. The van der Waals surface area contributed by atoms with E-state index in [-0.39, 0.29) is 5.92 Å². The van der Waals surface area contributed by atoms with E-state index in [2.05, 4.69) is 38.1 Å². The number of thiophene rings is 1. The molecule has 2 heterocycles. The van der Waals surface area contributed by atoms with Crippen molar-refractivity contribution in [3.63, 3.8) is 0 Å². The zero-order valence-electron chi connectivity index (χ0n) is 15.4. The van der Waals surface area contributed by atoms with Crippen molar-refractivity contribution >= 4 is 38.9 Å². The second kappa shape index (κ2) is 6.79. The summed E-state index contributed by atoms with van der Waals surface area (Å²) in [4.78, 5) is 19.1. The Bertz CT molecular complexity index is 1000. The van der Waals surface area contributed by atoms with Gasteiger partial charge in [0.1, 0.15) is 10.6 Å². The number of aryl methyl sites for hydroxylation is 3. The maximum atomic E-state index is 11.9. The Hall–Kier alpha value is -1.71. The summed E-state index contributed by atoms with van der Waals surface area (Å²) in [5.41, 5.74) is 5.82. The molecular formula is C22H22ClNOS. The fraction of sp³-hybridized carbons (Fsp3) is 0.364. The molecule has 0 spiro atoms. The maximum absolute atomic E-state index is 11.9. The zero-order valence-corrected chi connectivity index (χ0v) is 16.9. The second-order valence-corrected chi connectivity index (χ2v) is 8.66. The lowest BCUT2D eigenvalue weighted by Crippen LogP contribution is -2.19. The van der Waals surface area contributed by atoms with Crippen LogP contribution in [0.1, 0.15) is 42.0 Å². The van der Waals surface area contributed by atoms with Crippen LogP contribution >= 0.6 is 22.9 Å². The average Bonchev–Trinajstić information content (AvgIpc) is 2.99. The van der Waals surface area contributed by atoms with Gasteiger partial charge in [0.25, 0.3) is 0 Å². The molecule has 4 rings (SSSR count). The number of fused-ring (bicyclic) bond motifs is 3. The number of pyridine rings is 1. The van der Waals surface area contributed by atoms with E-state index in [9.17, 15) is 4.79 Å². The van der Waals surface area contributed by atoms with Crippen molar-refractivity contribution < 1.29 is 4.79 Å². The van der Waals surface area contributed by atoms with Crippen LogP contribution in [0.15, 0.2) is 24.3 Å². The number of rotatable bonds is 3. The average molecular weight is 384 g/mol. The molecule has 0 N–H and O–H groups in total. The normalized spacial score (nSPS) is 16.7. The molecule has 1 aliphatic carbocycles. The summed E-state index contributed by atoms with van der Waals surface area (Å²) in [6.07, 6.45) is 3.51. The molecule has 3 aromatic rings. The van der Waals surface area contributed by atoms with Gasteiger partial charge in [-0.15, -0.1) is 11.3 Å². The number of halogens is 1. The lowest BCUT2D eigenvalue weighted by atomic mass is 9.84. The summed E-state index contributed by atoms with van der Waals surface area (Å²) in [6.45, 7) is 5.91. The highest BCUT2D eigenvalue weighted by Crippen LogP contribution is 2.45. The standard InChI is InChI=1S/C22H22ClNOS/c1-4-17-21(23)19(14-7-5-12(2)6-8-14)20-16-10-9-15(13(3)25)11-18(16)26-22(20)24-17/h5-8,15H,4,9-11H2,1-3H3. The second-order valence-electron chi connectivity index (χ2n) is 7.20. The van der Waals surface area contributed by atoms with Crippen LogP contribution in [0.25, 0.3) is 21.3 Å². The molecular weight excluding hydrogens is 362 g/mol. The molecule has 4 heteroatoms. The molecule has 1 aromatic carbocycles. The van der Waals surface area contributed by atoms with Gasteiger partial charge in [-0.1, -0.05) is 48.4 Å². The van der Waals surface area contributed by atoms with Crippen molar-refractivity contribution in [1.82, 2.24) is 4.98 Å². The third kappa shape index (κ3) is 2.87. The van der Waals surface area contributed by atoms with Gasteiger partial charge in [0.15, 0.2) is 0 Å². The Morgan fingerprint density at radius 3 is 2.69 bits per heavy atom. The minimum Gasteiger partial charge on any atom is -0.300 e. The van der Waals surface area contributed by atoms with Crippen LogP contribution in [0.5, 0.6) is 0 Å². The first-order chi connectivity index (χ1) is 12.5. The maximum Gasteiger partial charge on any atom is 0.133 e. The van der Waals surface area contributed by atoms with Gasteiger partial charge in [-0.05, 0) is 50.7 Å².